The zero-order valence-electron chi connectivity index (χ0n) is 15.1. The van der Waals surface area contributed by atoms with Crippen LogP contribution in [0.5, 0.6) is 0 Å². The van der Waals surface area contributed by atoms with Crippen LogP contribution >= 0.6 is 34.8 Å². The van der Waals surface area contributed by atoms with Gasteiger partial charge in [0.05, 0.1) is 25.7 Å². The first-order chi connectivity index (χ1) is 13.1. The minimum Gasteiger partial charge on any atom is -0.323 e. The molecule has 0 fully saturated rings. The van der Waals surface area contributed by atoms with Crippen LogP contribution in [-0.4, -0.2) is 36.3 Å². The maximum atomic E-state index is 12.6. The smallest absolute Gasteiger partial charge is 0.251 e. The Labute approximate surface area is 177 Å². The van der Waals surface area contributed by atoms with Crippen molar-refractivity contribution in [3.05, 3.63) is 55.9 Å². The summed E-state index contributed by atoms with van der Waals surface area (Å²) in [6.07, 6.45) is 1.14. The fraction of sp³-hybridized carbons (Fsp3) is 0.294. The van der Waals surface area contributed by atoms with E-state index in [2.05, 4.69) is 5.32 Å². The molecule has 2 aromatic rings. The van der Waals surface area contributed by atoms with E-state index in [9.17, 15) is 18.0 Å². The lowest BCUT2D eigenvalue weighted by molar-refractivity contribution is -0.116. The molecule has 0 aliphatic heterocycles. The molecule has 0 radical (unpaired) electrons. The number of aromatic nitrogens is 1. The van der Waals surface area contributed by atoms with E-state index in [0.29, 0.717) is 0 Å². The van der Waals surface area contributed by atoms with Gasteiger partial charge in [-0.1, -0.05) is 48.7 Å². The van der Waals surface area contributed by atoms with Gasteiger partial charge in [-0.2, -0.15) is 4.31 Å². The van der Waals surface area contributed by atoms with Gasteiger partial charge in [-0.05, 0) is 18.2 Å². The van der Waals surface area contributed by atoms with Gasteiger partial charge in [0.1, 0.15) is 6.54 Å². The summed E-state index contributed by atoms with van der Waals surface area (Å²) >= 11 is 17.8. The van der Waals surface area contributed by atoms with Gasteiger partial charge in [0, 0.05) is 25.4 Å². The average molecular weight is 467 g/mol. The number of hydrogen-bond acceptors (Lipinski definition) is 4. The second-order valence-corrected chi connectivity index (χ2v) is 8.87. The van der Waals surface area contributed by atoms with Crippen molar-refractivity contribution in [3.63, 3.8) is 0 Å². The van der Waals surface area contributed by atoms with Crippen LogP contribution in [0.4, 0.5) is 5.69 Å². The monoisotopic (exact) mass is 465 g/mol. The molecule has 1 amide bonds. The summed E-state index contributed by atoms with van der Waals surface area (Å²) in [6.45, 7) is 3.59. The number of nitrogens with zero attached hydrogens (tertiary/aromatic N) is 2. The molecule has 7 nitrogen and oxygen atoms in total. The summed E-state index contributed by atoms with van der Waals surface area (Å²) in [5, 5.41) is 3.13. The highest BCUT2D eigenvalue weighted by Gasteiger charge is 2.22. The van der Waals surface area contributed by atoms with E-state index in [1.165, 1.54) is 22.5 Å². The molecule has 0 saturated heterocycles. The minimum atomic E-state index is -3.76. The number of benzene rings is 1. The second-order valence-electron chi connectivity index (χ2n) is 5.71. The molecule has 0 aliphatic carbocycles. The lowest BCUT2D eigenvalue weighted by Gasteiger charge is -2.19. The largest absolute Gasteiger partial charge is 0.323 e. The number of halogens is 3. The van der Waals surface area contributed by atoms with Crippen LogP contribution in [0.2, 0.25) is 15.1 Å². The van der Waals surface area contributed by atoms with E-state index >= 15 is 0 Å². The Balaban J connectivity index is 2.28. The van der Waals surface area contributed by atoms with Crippen molar-refractivity contribution in [1.82, 2.24) is 8.87 Å². The Kier molecular flexibility index (Phi) is 7.52. The number of carbonyl (C=O) groups is 1. The van der Waals surface area contributed by atoms with Crippen molar-refractivity contribution in [2.75, 3.05) is 18.4 Å². The van der Waals surface area contributed by atoms with Gasteiger partial charge in [0.2, 0.25) is 15.9 Å². The molecule has 152 valence electrons. The maximum Gasteiger partial charge on any atom is 0.251 e. The van der Waals surface area contributed by atoms with Gasteiger partial charge in [-0.15, -0.1) is 0 Å². The Bertz CT molecular complexity index is 1050. The van der Waals surface area contributed by atoms with E-state index in [1.807, 2.05) is 0 Å². The van der Waals surface area contributed by atoms with Crippen LogP contribution < -0.4 is 10.9 Å². The molecular formula is C17H18Cl3N3O4S. The van der Waals surface area contributed by atoms with Crippen LogP contribution in [0.1, 0.15) is 13.8 Å². The number of pyridine rings is 1. The lowest BCUT2D eigenvalue weighted by atomic mass is 10.3. The van der Waals surface area contributed by atoms with Gasteiger partial charge in [-0.25, -0.2) is 8.42 Å². The highest BCUT2D eigenvalue weighted by Crippen LogP contribution is 2.32. The summed E-state index contributed by atoms with van der Waals surface area (Å²) < 4.78 is 27.5. The Morgan fingerprint density at radius 2 is 1.68 bits per heavy atom. The Hall–Kier alpha value is -1.58. The third-order valence-corrected chi connectivity index (χ3v) is 6.97. The van der Waals surface area contributed by atoms with Gasteiger partial charge in [0.25, 0.3) is 5.56 Å². The van der Waals surface area contributed by atoms with Gasteiger partial charge in [0.15, 0.2) is 0 Å². The number of anilines is 1. The summed E-state index contributed by atoms with van der Waals surface area (Å²) in [7, 11) is -3.76. The molecule has 28 heavy (non-hydrogen) atoms. The van der Waals surface area contributed by atoms with E-state index in [4.69, 9.17) is 34.8 Å². The summed E-state index contributed by atoms with van der Waals surface area (Å²) in [4.78, 5) is 24.3. The molecular weight excluding hydrogens is 449 g/mol. The average Bonchev–Trinajstić information content (AvgIpc) is 2.62. The molecule has 0 atom stereocenters. The predicted octanol–water partition coefficient (Wildman–Crippen LogP) is 3.48. The first-order valence-electron chi connectivity index (χ1n) is 8.25. The fourth-order valence-corrected chi connectivity index (χ4v) is 4.53. The van der Waals surface area contributed by atoms with Crippen LogP contribution in [-0.2, 0) is 21.4 Å². The van der Waals surface area contributed by atoms with E-state index in [1.54, 1.807) is 13.8 Å². The standard InChI is InChI=1S/C17H18Cl3N3O4S/c1-3-23(4-2)28(26,27)11-5-6-17(25)22(9-11)10-16(24)21-15-8-13(19)12(18)7-14(15)20/h5-9H,3-4,10H2,1-2H3,(H,21,24). The molecule has 0 spiro atoms. The van der Waals surface area contributed by atoms with Crippen LogP contribution in [0.15, 0.2) is 40.2 Å². The van der Waals surface area contributed by atoms with Crippen molar-refractivity contribution in [1.29, 1.82) is 0 Å². The van der Waals surface area contributed by atoms with E-state index in [0.717, 1.165) is 16.8 Å². The molecule has 1 N–H and O–H groups in total. The third kappa shape index (κ3) is 5.07. The number of sulfonamides is 1. The molecule has 1 aromatic carbocycles. The highest BCUT2D eigenvalue weighted by atomic mass is 35.5. The lowest BCUT2D eigenvalue weighted by Crippen LogP contribution is -2.33. The summed E-state index contributed by atoms with van der Waals surface area (Å²) in [6, 6.07) is 5.09. The summed E-state index contributed by atoms with van der Waals surface area (Å²) in [5.41, 5.74) is -0.296. The molecule has 0 unspecified atom stereocenters. The molecule has 0 bridgehead atoms. The number of nitrogens with one attached hydrogen (secondary N) is 1. The van der Waals surface area contributed by atoms with Gasteiger partial charge >= 0.3 is 0 Å². The predicted molar refractivity (Wildman–Crippen MR) is 111 cm³/mol. The van der Waals surface area contributed by atoms with Gasteiger partial charge < -0.3 is 9.88 Å². The topological polar surface area (TPSA) is 88.5 Å². The number of amides is 1. The Morgan fingerprint density at radius 1 is 1.07 bits per heavy atom. The second kappa shape index (κ2) is 9.28. The van der Waals surface area contributed by atoms with Crippen molar-refractivity contribution in [2.24, 2.45) is 0 Å². The quantitative estimate of drug-likeness (QED) is 0.633. The molecule has 11 heteroatoms. The molecule has 1 aromatic heterocycles. The van der Waals surface area contributed by atoms with E-state index < -0.39 is 28.0 Å². The maximum absolute atomic E-state index is 12.6. The minimum absolute atomic E-state index is 0.0730. The van der Waals surface area contributed by atoms with Gasteiger partial charge in [-0.3, -0.25) is 9.59 Å². The normalized spacial score (nSPS) is 11.6. The van der Waals surface area contributed by atoms with Crippen molar-refractivity contribution in [3.8, 4) is 0 Å². The third-order valence-electron chi connectivity index (χ3n) is 3.90. The number of rotatable bonds is 7. The SMILES string of the molecule is CCN(CC)S(=O)(=O)c1ccc(=O)n(CC(=O)Nc2cc(Cl)c(Cl)cc2Cl)c1. The van der Waals surface area contributed by atoms with E-state index in [-0.39, 0.29) is 38.7 Å². The zero-order chi connectivity index (χ0) is 21.1. The van der Waals surface area contributed by atoms with Crippen LogP contribution in [0.25, 0.3) is 0 Å². The Morgan fingerprint density at radius 3 is 2.29 bits per heavy atom. The fourth-order valence-electron chi connectivity index (χ4n) is 2.46. The van der Waals surface area contributed by atoms with Crippen molar-refractivity contribution in [2.45, 2.75) is 25.3 Å². The highest BCUT2D eigenvalue weighted by molar-refractivity contribution is 7.89. The number of hydrogen-bond donors (Lipinski definition) is 1. The zero-order valence-corrected chi connectivity index (χ0v) is 18.2. The molecule has 0 aliphatic rings. The molecule has 1 heterocycles. The number of carbonyl (C=O) groups excluding carboxylic acids is 1. The van der Waals surface area contributed by atoms with Crippen molar-refractivity contribution >= 4 is 56.4 Å². The summed E-state index contributed by atoms with van der Waals surface area (Å²) in [5.74, 6) is -0.584. The first-order valence-corrected chi connectivity index (χ1v) is 10.8. The van der Waals surface area contributed by atoms with Crippen LogP contribution in [0.3, 0.4) is 0 Å². The molecule has 2 rings (SSSR count). The first kappa shape index (κ1) is 22.7. The molecule has 0 saturated carbocycles. The van der Waals surface area contributed by atoms with Crippen molar-refractivity contribution < 1.29 is 13.2 Å². The van der Waals surface area contributed by atoms with Crippen LogP contribution in [0, 0.1) is 0 Å².